The maximum atomic E-state index is 13.0. The van der Waals surface area contributed by atoms with Gasteiger partial charge in [0.2, 0.25) is 0 Å². The number of anilines is 1. The van der Waals surface area contributed by atoms with E-state index in [2.05, 4.69) is 11.0 Å². The van der Waals surface area contributed by atoms with Crippen molar-refractivity contribution in [3.63, 3.8) is 0 Å². The molecule has 2 aromatic carbocycles. The Morgan fingerprint density at radius 1 is 1.00 bits per heavy atom. The average molecular weight is 400 g/mol. The molecule has 1 aromatic heterocycles. The minimum atomic E-state index is -0.242. The van der Waals surface area contributed by atoms with Crippen molar-refractivity contribution in [3.8, 4) is 0 Å². The second-order valence-electron chi connectivity index (χ2n) is 7.26. The van der Waals surface area contributed by atoms with Gasteiger partial charge in [0, 0.05) is 48.6 Å². The van der Waals surface area contributed by atoms with E-state index in [9.17, 15) is 9.59 Å². The van der Waals surface area contributed by atoms with Crippen molar-refractivity contribution >= 4 is 34.0 Å². The lowest BCUT2D eigenvalue weighted by atomic mass is 9.99. The number of allylic oxidation sites excluding steroid dienone is 3. The number of hydrogen-bond acceptors (Lipinski definition) is 4. The maximum absolute atomic E-state index is 13.0. The number of unbranched alkanes of at least 4 members (excludes halogenated alkanes) is 1. The summed E-state index contributed by atoms with van der Waals surface area (Å²) in [6.45, 7) is 2.69. The van der Waals surface area contributed by atoms with Gasteiger partial charge in [0.15, 0.2) is 0 Å². The van der Waals surface area contributed by atoms with Crippen molar-refractivity contribution in [2.45, 2.75) is 19.8 Å². The molecule has 0 spiro atoms. The molecule has 5 nitrogen and oxygen atoms in total. The molecule has 0 fully saturated rings. The summed E-state index contributed by atoms with van der Waals surface area (Å²) in [7, 11) is 0. The average Bonchev–Trinajstić information content (AvgIpc) is 3.19. The number of aromatic nitrogens is 1. The number of esters is 1. The van der Waals surface area contributed by atoms with E-state index in [-0.39, 0.29) is 11.9 Å². The molecule has 1 aliphatic rings. The summed E-state index contributed by atoms with van der Waals surface area (Å²) in [6, 6.07) is 17.9. The summed E-state index contributed by atoms with van der Waals surface area (Å²) in [5.74, 6) is -0.311. The number of fused-ring (bicyclic) bond motifs is 2. The molecule has 2 heterocycles. The smallest absolute Gasteiger partial charge is 0.302 e. The van der Waals surface area contributed by atoms with Crippen molar-refractivity contribution in [3.05, 3.63) is 84.7 Å². The van der Waals surface area contributed by atoms with E-state index in [0.29, 0.717) is 6.61 Å². The highest BCUT2D eigenvalue weighted by Gasteiger charge is 2.17. The van der Waals surface area contributed by atoms with Crippen LogP contribution in [0.4, 0.5) is 5.69 Å². The minimum absolute atomic E-state index is 0.0690. The highest BCUT2D eigenvalue weighted by atomic mass is 16.5. The van der Waals surface area contributed by atoms with Gasteiger partial charge >= 0.3 is 5.97 Å². The van der Waals surface area contributed by atoms with E-state index in [1.54, 1.807) is 10.6 Å². The number of benzene rings is 2. The second-order valence-corrected chi connectivity index (χ2v) is 7.26. The van der Waals surface area contributed by atoms with E-state index in [0.717, 1.165) is 47.1 Å². The topological polar surface area (TPSA) is 51.5 Å². The molecule has 0 bridgehead atoms. The lowest BCUT2D eigenvalue weighted by Crippen LogP contribution is -2.21. The molecule has 0 amide bonds. The number of rotatable bonds is 6. The fraction of sp³-hybridized carbons (Fsp3) is 0.200. The van der Waals surface area contributed by atoms with Crippen LogP contribution in [0.15, 0.2) is 79.1 Å². The molecule has 0 saturated heterocycles. The first-order valence-electron chi connectivity index (χ1n) is 10.1. The first-order valence-corrected chi connectivity index (χ1v) is 10.1. The van der Waals surface area contributed by atoms with Gasteiger partial charge in [-0.3, -0.25) is 14.2 Å². The van der Waals surface area contributed by atoms with Crippen LogP contribution in [0.5, 0.6) is 0 Å². The van der Waals surface area contributed by atoms with Crippen LogP contribution < -0.4 is 4.90 Å². The summed E-state index contributed by atoms with van der Waals surface area (Å²) in [5.41, 5.74) is 3.90. The normalized spacial score (nSPS) is 14.2. The number of nitrogens with zero attached hydrogens (tertiary/aromatic N) is 2. The van der Waals surface area contributed by atoms with E-state index >= 15 is 0 Å². The van der Waals surface area contributed by atoms with Gasteiger partial charge in [0.25, 0.3) is 5.91 Å². The van der Waals surface area contributed by atoms with Crippen molar-refractivity contribution < 1.29 is 14.3 Å². The monoisotopic (exact) mass is 400 g/mol. The van der Waals surface area contributed by atoms with Crippen LogP contribution in [-0.2, 0) is 9.53 Å². The lowest BCUT2D eigenvalue weighted by Gasteiger charge is -2.27. The van der Waals surface area contributed by atoms with Gasteiger partial charge in [-0.1, -0.05) is 36.4 Å². The van der Waals surface area contributed by atoms with Crippen molar-refractivity contribution in [2.24, 2.45) is 0 Å². The SMILES string of the molecule is CC(=O)OCCCCN1C=C/C(=C\C(=O)n2ccc3ccccc32)c2ccccc21. The van der Waals surface area contributed by atoms with Crippen LogP contribution in [0, 0.1) is 0 Å². The summed E-state index contributed by atoms with van der Waals surface area (Å²) < 4.78 is 6.68. The molecule has 3 aromatic rings. The van der Waals surface area contributed by atoms with Gasteiger partial charge in [0.05, 0.1) is 12.1 Å². The zero-order valence-corrected chi connectivity index (χ0v) is 17.0. The molecule has 0 N–H and O–H groups in total. The number of carbonyl (C=O) groups excluding carboxylic acids is 2. The van der Waals surface area contributed by atoms with Gasteiger partial charge in [-0.2, -0.15) is 0 Å². The molecule has 0 atom stereocenters. The molecule has 0 radical (unpaired) electrons. The Balaban J connectivity index is 1.53. The Bertz CT molecular complexity index is 1140. The molecule has 30 heavy (non-hydrogen) atoms. The van der Waals surface area contributed by atoms with Gasteiger partial charge in [0.1, 0.15) is 0 Å². The maximum Gasteiger partial charge on any atom is 0.302 e. The van der Waals surface area contributed by atoms with E-state index in [1.807, 2.05) is 67.0 Å². The molecular weight excluding hydrogens is 376 g/mol. The van der Waals surface area contributed by atoms with Crippen LogP contribution in [0.2, 0.25) is 0 Å². The molecule has 0 aliphatic carbocycles. The summed E-state index contributed by atoms with van der Waals surface area (Å²) in [6.07, 6.45) is 9.23. The van der Waals surface area contributed by atoms with Crippen LogP contribution >= 0.6 is 0 Å². The second kappa shape index (κ2) is 8.82. The molecular formula is C25H24N2O3. The molecule has 1 aliphatic heterocycles. The Morgan fingerprint density at radius 3 is 2.67 bits per heavy atom. The molecule has 152 valence electrons. The fourth-order valence-electron chi connectivity index (χ4n) is 3.71. The number of para-hydroxylation sites is 2. The van der Waals surface area contributed by atoms with Crippen molar-refractivity contribution in [1.29, 1.82) is 0 Å². The quantitative estimate of drug-likeness (QED) is 0.330. The predicted molar refractivity (Wildman–Crippen MR) is 119 cm³/mol. The zero-order chi connectivity index (χ0) is 20.9. The van der Waals surface area contributed by atoms with Crippen LogP contribution in [0.25, 0.3) is 16.5 Å². The third-order valence-corrected chi connectivity index (χ3v) is 5.17. The summed E-state index contributed by atoms with van der Waals surface area (Å²) in [4.78, 5) is 26.0. The van der Waals surface area contributed by atoms with Gasteiger partial charge in [-0.05, 0) is 42.7 Å². The number of carbonyl (C=O) groups is 2. The highest BCUT2D eigenvalue weighted by molar-refractivity contribution is 6.05. The largest absolute Gasteiger partial charge is 0.466 e. The number of ether oxygens (including phenoxy) is 1. The van der Waals surface area contributed by atoms with Gasteiger partial charge in [-0.25, -0.2) is 0 Å². The first kappa shape index (κ1) is 19.7. The highest BCUT2D eigenvalue weighted by Crippen LogP contribution is 2.33. The predicted octanol–water partition coefficient (Wildman–Crippen LogP) is 5.04. The third kappa shape index (κ3) is 4.20. The summed E-state index contributed by atoms with van der Waals surface area (Å²) in [5, 5.41) is 1.05. The van der Waals surface area contributed by atoms with Crippen LogP contribution in [0.3, 0.4) is 0 Å². The fourth-order valence-corrected chi connectivity index (χ4v) is 3.71. The van der Waals surface area contributed by atoms with Crippen LogP contribution in [-0.4, -0.2) is 29.6 Å². The minimum Gasteiger partial charge on any atom is -0.466 e. The standard InChI is InChI=1S/C25H24N2O3/c1-19(28)30-17-7-6-14-26-15-12-21(22-9-3-5-11-24(22)26)18-25(29)27-16-13-20-8-2-4-10-23(20)27/h2-5,8-13,15-16,18H,6-7,14,17H2,1H3/b21-18+. The molecule has 0 unspecified atom stereocenters. The van der Waals surface area contributed by atoms with Gasteiger partial charge in [-0.15, -0.1) is 0 Å². The zero-order valence-electron chi connectivity index (χ0n) is 17.0. The van der Waals surface area contributed by atoms with E-state index in [1.165, 1.54) is 6.92 Å². The van der Waals surface area contributed by atoms with Gasteiger partial charge < -0.3 is 9.64 Å². The number of hydrogen-bond donors (Lipinski definition) is 0. The Kier molecular flexibility index (Phi) is 5.80. The van der Waals surface area contributed by atoms with Crippen molar-refractivity contribution in [2.75, 3.05) is 18.1 Å². The van der Waals surface area contributed by atoms with Crippen LogP contribution in [0.1, 0.15) is 30.1 Å². The molecule has 4 rings (SSSR count). The van der Waals surface area contributed by atoms with Crippen molar-refractivity contribution in [1.82, 2.24) is 4.57 Å². The Labute approximate surface area is 175 Å². The Hall–Kier alpha value is -3.60. The lowest BCUT2D eigenvalue weighted by molar-refractivity contribution is -0.141. The summed E-state index contributed by atoms with van der Waals surface area (Å²) >= 11 is 0. The molecule has 0 saturated carbocycles. The Morgan fingerprint density at radius 2 is 1.80 bits per heavy atom. The molecule has 5 heteroatoms. The van der Waals surface area contributed by atoms with E-state index in [4.69, 9.17) is 4.74 Å². The first-order chi connectivity index (χ1) is 14.6. The third-order valence-electron chi connectivity index (χ3n) is 5.17. The van der Waals surface area contributed by atoms with E-state index < -0.39 is 0 Å².